The van der Waals surface area contributed by atoms with Crippen molar-refractivity contribution in [2.75, 3.05) is 0 Å². The maximum absolute atomic E-state index is 9.97. The van der Waals surface area contributed by atoms with E-state index in [2.05, 4.69) is 0 Å². The summed E-state index contributed by atoms with van der Waals surface area (Å²) in [6, 6.07) is 0. The highest BCUT2D eigenvalue weighted by Crippen LogP contribution is 2.46. The maximum Gasteiger partial charge on any atom is 0.190 e. The van der Waals surface area contributed by atoms with Gasteiger partial charge in [-0.1, -0.05) is 6.92 Å². The van der Waals surface area contributed by atoms with E-state index in [1.54, 1.807) is 0 Å². The fourth-order valence-corrected chi connectivity index (χ4v) is 2.90. The molecule has 1 spiro atoms. The maximum atomic E-state index is 9.97. The molecule has 0 aromatic heterocycles. The second-order valence-electron chi connectivity index (χ2n) is 4.76. The third-order valence-electron chi connectivity index (χ3n) is 3.74. The van der Waals surface area contributed by atoms with Crippen LogP contribution >= 0.6 is 0 Å². The number of aliphatic hydroxyl groups is 1. The molecule has 2 aliphatic heterocycles. The zero-order valence-corrected chi connectivity index (χ0v) is 9.02. The Morgan fingerprint density at radius 3 is 2.60 bits per heavy atom. The van der Waals surface area contributed by atoms with Crippen LogP contribution in [-0.2, 0) is 14.2 Å². The molecule has 1 N–H and O–H groups in total. The standard InChI is InChI=1S/C11H18O4/c1-2-7-8(12)9-10(13-7)15-11(14-9)5-3-4-6-11/h7-10,12H,2-6H2,1H3/t7-,8+,9-,10-/m0/s1. The topological polar surface area (TPSA) is 47.9 Å². The van der Waals surface area contributed by atoms with Crippen molar-refractivity contribution in [1.82, 2.24) is 0 Å². The Bertz CT molecular complexity index is 249. The molecule has 4 nitrogen and oxygen atoms in total. The van der Waals surface area contributed by atoms with Crippen molar-refractivity contribution in [3.05, 3.63) is 0 Å². The van der Waals surface area contributed by atoms with Crippen molar-refractivity contribution in [3.8, 4) is 0 Å². The first-order chi connectivity index (χ1) is 7.24. The molecule has 4 heteroatoms. The first kappa shape index (κ1) is 10.0. The van der Waals surface area contributed by atoms with Crippen LogP contribution in [-0.4, -0.2) is 35.5 Å². The molecule has 4 atom stereocenters. The average molecular weight is 214 g/mol. The van der Waals surface area contributed by atoms with E-state index in [0.717, 1.165) is 32.1 Å². The number of fused-ring (bicyclic) bond motifs is 1. The third kappa shape index (κ3) is 1.43. The predicted octanol–water partition coefficient (Wildman–Crippen LogP) is 1.17. The van der Waals surface area contributed by atoms with E-state index in [0.29, 0.717) is 0 Å². The van der Waals surface area contributed by atoms with Gasteiger partial charge in [0.25, 0.3) is 0 Å². The van der Waals surface area contributed by atoms with Crippen molar-refractivity contribution in [2.24, 2.45) is 0 Å². The average Bonchev–Trinajstić information content (AvgIpc) is 2.88. The van der Waals surface area contributed by atoms with E-state index in [1.807, 2.05) is 6.92 Å². The van der Waals surface area contributed by atoms with E-state index in [1.165, 1.54) is 0 Å². The van der Waals surface area contributed by atoms with Crippen LogP contribution in [0.2, 0.25) is 0 Å². The second-order valence-corrected chi connectivity index (χ2v) is 4.76. The molecule has 0 radical (unpaired) electrons. The Morgan fingerprint density at radius 2 is 2.00 bits per heavy atom. The normalized spacial score (nSPS) is 47.6. The molecule has 0 aromatic rings. The molecule has 3 fully saturated rings. The van der Waals surface area contributed by atoms with Crippen molar-refractivity contribution >= 4 is 0 Å². The molecule has 15 heavy (non-hydrogen) atoms. The van der Waals surface area contributed by atoms with Gasteiger partial charge in [-0.2, -0.15) is 0 Å². The van der Waals surface area contributed by atoms with Crippen LogP contribution in [0.5, 0.6) is 0 Å². The van der Waals surface area contributed by atoms with Crippen molar-refractivity contribution < 1.29 is 19.3 Å². The highest BCUT2D eigenvalue weighted by Gasteiger charge is 2.57. The quantitative estimate of drug-likeness (QED) is 0.711. The van der Waals surface area contributed by atoms with Gasteiger partial charge >= 0.3 is 0 Å². The van der Waals surface area contributed by atoms with Crippen LogP contribution in [0.1, 0.15) is 39.0 Å². The highest BCUT2D eigenvalue weighted by molar-refractivity contribution is 4.95. The minimum atomic E-state index is -0.528. The molecule has 0 amide bonds. The molecule has 86 valence electrons. The van der Waals surface area contributed by atoms with Crippen LogP contribution in [0, 0.1) is 0 Å². The molecule has 0 bridgehead atoms. The number of hydrogen-bond acceptors (Lipinski definition) is 4. The van der Waals surface area contributed by atoms with Gasteiger partial charge in [-0.3, -0.25) is 0 Å². The number of hydrogen-bond donors (Lipinski definition) is 1. The molecule has 1 aliphatic carbocycles. The van der Waals surface area contributed by atoms with Gasteiger partial charge in [-0.15, -0.1) is 0 Å². The lowest BCUT2D eigenvalue weighted by Crippen LogP contribution is -2.35. The molecule has 2 saturated heterocycles. The van der Waals surface area contributed by atoms with Crippen molar-refractivity contribution in [3.63, 3.8) is 0 Å². The summed E-state index contributed by atoms with van der Waals surface area (Å²) in [7, 11) is 0. The Kier molecular flexibility index (Phi) is 2.28. The third-order valence-corrected chi connectivity index (χ3v) is 3.74. The lowest BCUT2D eigenvalue weighted by atomic mass is 10.1. The molecule has 2 heterocycles. The second kappa shape index (κ2) is 3.42. The van der Waals surface area contributed by atoms with Crippen LogP contribution in [0.25, 0.3) is 0 Å². The predicted molar refractivity (Wildman–Crippen MR) is 52.1 cm³/mol. The van der Waals surface area contributed by atoms with Crippen LogP contribution in [0.15, 0.2) is 0 Å². The highest BCUT2D eigenvalue weighted by atomic mass is 16.8. The number of aliphatic hydroxyl groups excluding tert-OH is 1. The summed E-state index contributed by atoms with van der Waals surface area (Å²) in [4.78, 5) is 0. The summed E-state index contributed by atoms with van der Waals surface area (Å²) in [6.45, 7) is 2.00. The fraction of sp³-hybridized carbons (Fsp3) is 1.00. The SMILES string of the molecule is CC[C@@H]1O[C@H]2OC3(CCCC3)O[C@H]2[C@@H]1O. The van der Waals surface area contributed by atoms with Gasteiger partial charge < -0.3 is 19.3 Å². The molecule has 0 aromatic carbocycles. The van der Waals surface area contributed by atoms with E-state index >= 15 is 0 Å². The summed E-state index contributed by atoms with van der Waals surface area (Å²) in [5, 5.41) is 9.97. The van der Waals surface area contributed by atoms with Gasteiger partial charge in [0.2, 0.25) is 0 Å². The lowest BCUT2D eigenvalue weighted by molar-refractivity contribution is -0.229. The van der Waals surface area contributed by atoms with E-state index < -0.39 is 11.9 Å². The van der Waals surface area contributed by atoms with Crippen molar-refractivity contribution in [1.29, 1.82) is 0 Å². The van der Waals surface area contributed by atoms with Crippen LogP contribution < -0.4 is 0 Å². The molecule has 0 unspecified atom stereocenters. The fourth-order valence-electron chi connectivity index (χ4n) is 2.90. The first-order valence-corrected chi connectivity index (χ1v) is 5.93. The first-order valence-electron chi connectivity index (χ1n) is 5.93. The van der Waals surface area contributed by atoms with Gasteiger partial charge in [0.05, 0.1) is 6.10 Å². The van der Waals surface area contributed by atoms with Gasteiger partial charge in [0, 0.05) is 12.8 Å². The molecule has 1 saturated carbocycles. The Hall–Kier alpha value is -0.160. The zero-order valence-electron chi connectivity index (χ0n) is 9.02. The molecular formula is C11H18O4. The van der Waals surface area contributed by atoms with Gasteiger partial charge in [0.15, 0.2) is 12.1 Å². The Balaban J connectivity index is 1.73. The molecule has 3 rings (SSSR count). The zero-order chi connectivity index (χ0) is 10.5. The smallest absolute Gasteiger partial charge is 0.190 e. The summed E-state index contributed by atoms with van der Waals surface area (Å²) >= 11 is 0. The number of ether oxygens (including phenoxy) is 3. The molecular weight excluding hydrogens is 196 g/mol. The van der Waals surface area contributed by atoms with Crippen LogP contribution in [0.4, 0.5) is 0 Å². The minimum absolute atomic E-state index is 0.126. The van der Waals surface area contributed by atoms with Gasteiger partial charge in [-0.25, -0.2) is 0 Å². The van der Waals surface area contributed by atoms with Crippen molar-refractivity contribution in [2.45, 2.75) is 69.4 Å². The summed E-state index contributed by atoms with van der Waals surface area (Å²) in [6.07, 6.45) is 3.70. The van der Waals surface area contributed by atoms with E-state index in [-0.39, 0.29) is 18.5 Å². The minimum Gasteiger partial charge on any atom is -0.387 e. The Labute approximate surface area is 89.5 Å². The van der Waals surface area contributed by atoms with Gasteiger partial charge in [-0.05, 0) is 19.3 Å². The number of rotatable bonds is 1. The van der Waals surface area contributed by atoms with Crippen LogP contribution in [0.3, 0.4) is 0 Å². The lowest BCUT2D eigenvalue weighted by Gasteiger charge is -2.25. The molecule has 3 aliphatic rings. The summed E-state index contributed by atoms with van der Waals surface area (Å²) in [5.74, 6) is -0.435. The van der Waals surface area contributed by atoms with E-state index in [9.17, 15) is 5.11 Å². The van der Waals surface area contributed by atoms with E-state index in [4.69, 9.17) is 14.2 Å². The summed E-state index contributed by atoms with van der Waals surface area (Å²) < 4.78 is 17.3. The monoisotopic (exact) mass is 214 g/mol. The van der Waals surface area contributed by atoms with Gasteiger partial charge in [0.1, 0.15) is 12.2 Å². The summed E-state index contributed by atoms with van der Waals surface area (Å²) in [5.41, 5.74) is 0. The Morgan fingerprint density at radius 1 is 1.27 bits per heavy atom. The largest absolute Gasteiger partial charge is 0.387 e.